The molecule has 3 heterocycles. The molecular formula is C24H19N3O2S. The molecule has 4 aromatic rings. The third kappa shape index (κ3) is 3.35. The molecule has 5 nitrogen and oxygen atoms in total. The number of nitrogens with one attached hydrogen (secondary N) is 1. The van der Waals surface area contributed by atoms with Crippen molar-refractivity contribution in [2.75, 3.05) is 0 Å². The van der Waals surface area contributed by atoms with Crippen LogP contribution >= 0.6 is 11.3 Å². The Hall–Kier alpha value is -3.51. The van der Waals surface area contributed by atoms with Crippen molar-refractivity contribution in [3.05, 3.63) is 94.8 Å². The fourth-order valence-electron chi connectivity index (χ4n) is 3.67. The Kier molecular flexibility index (Phi) is 4.77. The average molecular weight is 414 g/mol. The molecule has 0 radical (unpaired) electrons. The minimum atomic E-state index is -0.405. The third-order valence-corrected chi connectivity index (χ3v) is 6.37. The Bertz CT molecular complexity index is 1170. The van der Waals surface area contributed by atoms with Crippen molar-refractivity contribution in [3.8, 4) is 22.1 Å². The number of carbonyl (C=O) groups excluding carboxylic acids is 1. The van der Waals surface area contributed by atoms with E-state index < -0.39 is 5.92 Å². The number of aryl methyl sites for hydroxylation is 1. The molecule has 30 heavy (non-hydrogen) atoms. The van der Waals surface area contributed by atoms with E-state index in [4.69, 9.17) is 4.74 Å². The summed E-state index contributed by atoms with van der Waals surface area (Å²) in [6, 6.07) is 19.3. The maximum atomic E-state index is 13.3. The van der Waals surface area contributed by atoms with Gasteiger partial charge >= 0.3 is 0 Å². The van der Waals surface area contributed by atoms with Gasteiger partial charge in [0.2, 0.25) is 5.91 Å². The van der Waals surface area contributed by atoms with Crippen LogP contribution in [-0.4, -0.2) is 15.9 Å². The van der Waals surface area contributed by atoms with E-state index in [1.807, 2.05) is 67.6 Å². The predicted octanol–water partition coefficient (Wildman–Crippen LogP) is 5.07. The van der Waals surface area contributed by atoms with Crippen LogP contribution in [0.4, 0.5) is 0 Å². The summed E-state index contributed by atoms with van der Waals surface area (Å²) < 4.78 is 6.00. The second kappa shape index (κ2) is 7.72. The van der Waals surface area contributed by atoms with Crippen molar-refractivity contribution in [1.82, 2.24) is 15.3 Å². The van der Waals surface area contributed by atoms with Gasteiger partial charge in [-0.05, 0) is 31.2 Å². The van der Waals surface area contributed by atoms with E-state index in [0.717, 1.165) is 43.8 Å². The summed E-state index contributed by atoms with van der Waals surface area (Å²) in [6.45, 7) is 2.40. The molecule has 1 N–H and O–H groups in total. The first-order chi connectivity index (χ1) is 14.7. The van der Waals surface area contributed by atoms with E-state index in [0.29, 0.717) is 6.54 Å². The van der Waals surface area contributed by atoms with E-state index in [9.17, 15) is 4.79 Å². The van der Waals surface area contributed by atoms with E-state index in [2.05, 4.69) is 15.3 Å². The molecule has 0 bridgehead atoms. The molecule has 0 fully saturated rings. The van der Waals surface area contributed by atoms with E-state index >= 15 is 0 Å². The monoisotopic (exact) mass is 413 g/mol. The number of ether oxygens (including phenoxy) is 1. The zero-order valence-corrected chi connectivity index (χ0v) is 17.1. The molecule has 0 spiro atoms. The Morgan fingerprint density at radius 3 is 2.40 bits per heavy atom. The second-order valence-electron chi connectivity index (χ2n) is 7.10. The zero-order chi connectivity index (χ0) is 20.5. The lowest BCUT2D eigenvalue weighted by molar-refractivity contribution is -0.122. The number of hydrogen-bond donors (Lipinski definition) is 1. The maximum Gasteiger partial charge on any atom is 0.232 e. The van der Waals surface area contributed by atoms with Crippen LogP contribution in [-0.2, 0) is 11.3 Å². The Morgan fingerprint density at radius 1 is 1.03 bits per heavy atom. The fraction of sp³-hybridized carbons (Fsp3) is 0.125. The molecule has 5 rings (SSSR count). The lowest BCUT2D eigenvalue weighted by atomic mass is 9.87. The molecule has 0 aliphatic carbocycles. The average Bonchev–Trinajstić information content (AvgIpc) is 3.17. The number of thiazole rings is 1. The Morgan fingerprint density at radius 2 is 1.73 bits per heavy atom. The first-order valence-electron chi connectivity index (χ1n) is 9.71. The number of fused-ring (bicyclic) bond motifs is 2. The third-order valence-electron chi connectivity index (χ3n) is 5.17. The molecule has 0 unspecified atom stereocenters. The standard InChI is InChI=1S/C24H19N3O2S/c1-15-21(30-24(27-15)16-7-6-12-25-13-16)14-26-23(28)22-17-8-2-4-10-19(17)29-20-11-5-3-9-18(20)22/h2-13,22H,14H2,1H3,(H,26,28). The molecule has 6 heteroatoms. The second-order valence-corrected chi connectivity index (χ2v) is 8.18. The van der Waals surface area contributed by atoms with Gasteiger partial charge < -0.3 is 10.1 Å². The van der Waals surface area contributed by atoms with Gasteiger partial charge in [-0.1, -0.05) is 36.4 Å². The first kappa shape index (κ1) is 18.5. The highest BCUT2D eigenvalue weighted by Gasteiger charge is 2.32. The summed E-state index contributed by atoms with van der Waals surface area (Å²) in [5.74, 6) is 1.000. The summed E-state index contributed by atoms with van der Waals surface area (Å²) >= 11 is 1.58. The number of benzene rings is 2. The van der Waals surface area contributed by atoms with Gasteiger partial charge in [0.05, 0.1) is 18.2 Å². The molecule has 1 aliphatic rings. The van der Waals surface area contributed by atoms with Crippen LogP contribution < -0.4 is 10.1 Å². The highest BCUT2D eigenvalue weighted by atomic mass is 32.1. The Balaban J connectivity index is 1.40. The largest absolute Gasteiger partial charge is 0.457 e. The number of rotatable bonds is 4. The maximum absolute atomic E-state index is 13.3. The van der Waals surface area contributed by atoms with E-state index in [1.165, 1.54) is 0 Å². The van der Waals surface area contributed by atoms with Crippen LogP contribution in [0.3, 0.4) is 0 Å². The fourth-order valence-corrected chi connectivity index (χ4v) is 4.66. The van der Waals surface area contributed by atoms with Gasteiger partial charge in [0.1, 0.15) is 16.5 Å². The topological polar surface area (TPSA) is 64.1 Å². The quantitative estimate of drug-likeness (QED) is 0.507. The SMILES string of the molecule is Cc1nc(-c2cccnc2)sc1CNC(=O)C1c2ccccc2Oc2ccccc21. The van der Waals surface area contributed by atoms with Gasteiger partial charge in [-0.15, -0.1) is 11.3 Å². The van der Waals surface area contributed by atoms with Gasteiger partial charge in [0, 0.05) is 34.0 Å². The van der Waals surface area contributed by atoms with Gasteiger partial charge in [0.25, 0.3) is 0 Å². The lowest BCUT2D eigenvalue weighted by Crippen LogP contribution is -2.31. The normalized spacial score (nSPS) is 12.6. The summed E-state index contributed by atoms with van der Waals surface area (Å²) in [4.78, 5) is 23.1. The van der Waals surface area contributed by atoms with Crippen LogP contribution in [0.25, 0.3) is 10.6 Å². The zero-order valence-electron chi connectivity index (χ0n) is 16.3. The molecule has 1 amide bonds. The number of aromatic nitrogens is 2. The molecule has 148 valence electrons. The van der Waals surface area contributed by atoms with Crippen molar-refractivity contribution in [2.24, 2.45) is 0 Å². The van der Waals surface area contributed by atoms with Crippen LogP contribution in [0.15, 0.2) is 73.1 Å². The highest BCUT2D eigenvalue weighted by molar-refractivity contribution is 7.15. The van der Waals surface area contributed by atoms with Crippen LogP contribution in [0.5, 0.6) is 11.5 Å². The molecule has 2 aromatic heterocycles. The molecule has 0 saturated carbocycles. The number of pyridine rings is 1. The van der Waals surface area contributed by atoms with Gasteiger partial charge in [-0.2, -0.15) is 0 Å². The summed E-state index contributed by atoms with van der Waals surface area (Å²) in [5, 5.41) is 4.03. The summed E-state index contributed by atoms with van der Waals surface area (Å²) in [5.41, 5.74) is 3.67. The van der Waals surface area contributed by atoms with Gasteiger partial charge in [-0.25, -0.2) is 4.98 Å². The number of nitrogens with zero attached hydrogens (tertiary/aromatic N) is 2. The first-order valence-corrected chi connectivity index (χ1v) is 10.5. The van der Waals surface area contributed by atoms with E-state index in [-0.39, 0.29) is 5.91 Å². The van der Waals surface area contributed by atoms with Crippen molar-refractivity contribution < 1.29 is 9.53 Å². The molecule has 0 saturated heterocycles. The number of hydrogen-bond acceptors (Lipinski definition) is 5. The van der Waals surface area contributed by atoms with Crippen LogP contribution in [0.2, 0.25) is 0 Å². The summed E-state index contributed by atoms with van der Waals surface area (Å²) in [7, 11) is 0. The van der Waals surface area contributed by atoms with Crippen LogP contribution in [0.1, 0.15) is 27.6 Å². The van der Waals surface area contributed by atoms with Crippen molar-refractivity contribution in [1.29, 1.82) is 0 Å². The predicted molar refractivity (Wildman–Crippen MR) is 117 cm³/mol. The number of carbonyl (C=O) groups is 1. The molecule has 2 aromatic carbocycles. The highest BCUT2D eigenvalue weighted by Crippen LogP contribution is 2.44. The summed E-state index contributed by atoms with van der Waals surface area (Å²) in [6.07, 6.45) is 3.55. The smallest absolute Gasteiger partial charge is 0.232 e. The van der Waals surface area contributed by atoms with Gasteiger partial charge in [-0.3, -0.25) is 9.78 Å². The minimum absolute atomic E-state index is 0.0473. The van der Waals surface area contributed by atoms with Crippen molar-refractivity contribution in [3.63, 3.8) is 0 Å². The van der Waals surface area contributed by atoms with Crippen LogP contribution in [0, 0.1) is 6.92 Å². The van der Waals surface area contributed by atoms with Crippen molar-refractivity contribution in [2.45, 2.75) is 19.4 Å². The number of para-hydroxylation sites is 2. The van der Waals surface area contributed by atoms with Gasteiger partial charge in [0.15, 0.2) is 0 Å². The molecule has 0 atom stereocenters. The minimum Gasteiger partial charge on any atom is -0.457 e. The van der Waals surface area contributed by atoms with Crippen molar-refractivity contribution >= 4 is 17.2 Å². The molecule has 1 aliphatic heterocycles. The van der Waals surface area contributed by atoms with E-state index in [1.54, 1.807) is 23.7 Å². The number of amides is 1. The molecular weight excluding hydrogens is 394 g/mol. The Labute approximate surface area is 178 Å². The lowest BCUT2D eigenvalue weighted by Gasteiger charge is -2.27.